The van der Waals surface area contributed by atoms with E-state index in [0.717, 1.165) is 11.1 Å². The molecule has 2 fully saturated rings. The number of fused-ring (bicyclic) bond motifs is 1. The standard InChI is InChI=1S/C21H22O6/c1-23-21-17(22)19(24-12-14-8-4-2-5-9-14)18-16(26-21)13-25-20(27-18)15-10-6-3-7-11-15/h2-11,16,18-21H,12-13H2,1H3/t16-,18-,19-,20?,21+/m1/s1/i19D. The average Bonchev–Trinajstić information content (AvgIpc) is 2.76. The van der Waals surface area contributed by atoms with Crippen molar-refractivity contribution in [3.05, 3.63) is 71.8 Å². The average molecular weight is 371 g/mol. The lowest BCUT2D eigenvalue weighted by molar-refractivity contribution is -0.321. The maximum Gasteiger partial charge on any atom is 0.220 e. The number of carbonyl (C=O) groups excluding carboxylic acids is 1. The van der Waals surface area contributed by atoms with Crippen molar-refractivity contribution in [2.24, 2.45) is 0 Å². The number of ether oxygens (including phenoxy) is 5. The van der Waals surface area contributed by atoms with Crippen molar-refractivity contribution in [1.82, 2.24) is 0 Å². The number of carbonyl (C=O) groups is 1. The number of ketones is 1. The van der Waals surface area contributed by atoms with Gasteiger partial charge in [-0.2, -0.15) is 0 Å². The third-order valence-corrected chi connectivity index (χ3v) is 4.56. The molecule has 4 rings (SSSR count). The van der Waals surface area contributed by atoms with Gasteiger partial charge in [-0.15, -0.1) is 0 Å². The number of benzene rings is 2. The van der Waals surface area contributed by atoms with Gasteiger partial charge in [-0.25, -0.2) is 0 Å². The summed E-state index contributed by atoms with van der Waals surface area (Å²) < 4.78 is 37.3. The monoisotopic (exact) mass is 371 g/mol. The number of rotatable bonds is 5. The maximum absolute atomic E-state index is 12.9. The zero-order chi connectivity index (χ0) is 19.6. The number of Topliss-reactive ketones (excluding diaryl/α,β-unsaturated/α-hetero) is 1. The zero-order valence-corrected chi connectivity index (χ0v) is 14.9. The fourth-order valence-corrected chi connectivity index (χ4v) is 3.18. The smallest absolute Gasteiger partial charge is 0.220 e. The Kier molecular flexibility index (Phi) is 5.23. The lowest BCUT2D eigenvalue weighted by Crippen LogP contribution is -2.61. The molecule has 0 radical (unpaired) electrons. The van der Waals surface area contributed by atoms with E-state index in [4.69, 9.17) is 25.1 Å². The Morgan fingerprint density at radius 3 is 2.48 bits per heavy atom. The van der Waals surface area contributed by atoms with Crippen molar-refractivity contribution in [2.75, 3.05) is 13.7 Å². The number of methoxy groups -OCH3 is 1. The van der Waals surface area contributed by atoms with Gasteiger partial charge < -0.3 is 23.7 Å². The molecule has 2 heterocycles. The van der Waals surface area contributed by atoms with E-state index in [-0.39, 0.29) is 13.2 Å². The van der Waals surface area contributed by atoms with Gasteiger partial charge in [0, 0.05) is 12.7 Å². The summed E-state index contributed by atoms with van der Waals surface area (Å²) in [5.74, 6) is -0.624. The van der Waals surface area contributed by atoms with Gasteiger partial charge in [0.2, 0.25) is 12.1 Å². The predicted octanol–water partition coefficient (Wildman–Crippen LogP) is 2.63. The molecule has 0 N–H and O–H groups in total. The van der Waals surface area contributed by atoms with Crippen LogP contribution < -0.4 is 0 Å². The Hall–Kier alpha value is -2.09. The first-order valence-electron chi connectivity index (χ1n) is 9.34. The molecular formula is C21H22O6. The molecule has 2 aromatic rings. The molecule has 5 atom stereocenters. The number of hydrogen-bond acceptors (Lipinski definition) is 6. The molecule has 27 heavy (non-hydrogen) atoms. The first kappa shape index (κ1) is 17.0. The second-order valence-electron chi connectivity index (χ2n) is 6.38. The number of hydrogen-bond donors (Lipinski definition) is 0. The van der Waals surface area contributed by atoms with Gasteiger partial charge in [0.05, 0.1) is 14.6 Å². The third-order valence-electron chi connectivity index (χ3n) is 4.56. The van der Waals surface area contributed by atoms with Gasteiger partial charge in [0.1, 0.15) is 12.2 Å². The molecule has 0 amide bonds. The second-order valence-corrected chi connectivity index (χ2v) is 6.38. The molecule has 2 saturated heterocycles. The summed E-state index contributed by atoms with van der Waals surface area (Å²) in [7, 11) is 1.36. The van der Waals surface area contributed by atoms with Crippen molar-refractivity contribution in [3.63, 3.8) is 0 Å². The lowest BCUT2D eigenvalue weighted by Gasteiger charge is -2.44. The van der Waals surface area contributed by atoms with Gasteiger partial charge in [-0.1, -0.05) is 60.7 Å². The van der Waals surface area contributed by atoms with Crippen molar-refractivity contribution in [2.45, 2.75) is 37.5 Å². The van der Waals surface area contributed by atoms with Crippen LogP contribution in [0.15, 0.2) is 60.7 Å². The van der Waals surface area contributed by atoms with Gasteiger partial charge in [-0.3, -0.25) is 4.79 Å². The highest BCUT2D eigenvalue weighted by molar-refractivity contribution is 5.87. The minimum absolute atomic E-state index is 0.0932. The first-order valence-corrected chi connectivity index (χ1v) is 8.84. The fourth-order valence-electron chi connectivity index (χ4n) is 3.18. The van der Waals surface area contributed by atoms with Crippen LogP contribution in [0.3, 0.4) is 0 Å². The van der Waals surface area contributed by atoms with E-state index in [2.05, 4.69) is 0 Å². The van der Waals surface area contributed by atoms with Crippen LogP contribution in [0.2, 0.25) is 0 Å². The summed E-state index contributed by atoms with van der Waals surface area (Å²) in [5.41, 5.74) is 1.65. The van der Waals surface area contributed by atoms with E-state index in [1.165, 1.54) is 7.11 Å². The van der Waals surface area contributed by atoms with Crippen molar-refractivity contribution >= 4 is 5.78 Å². The van der Waals surface area contributed by atoms with Crippen LogP contribution in [-0.4, -0.2) is 44.1 Å². The highest BCUT2D eigenvalue weighted by Gasteiger charge is 2.50. The Morgan fingerprint density at radius 2 is 1.78 bits per heavy atom. The van der Waals surface area contributed by atoms with Crippen LogP contribution >= 0.6 is 0 Å². The van der Waals surface area contributed by atoms with E-state index in [0.29, 0.717) is 0 Å². The molecular weight excluding hydrogens is 348 g/mol. The summed E-state index contributed by atoms with van der Waals surface area (Å²) >= 11 is 0. The molecule has 0 aromatic heterocycles. The Balaban J connectivity index is 1.59. The molecule has 0 aliphatic carbocycles. The fraction of sp³-hybridized carbons (Fsp3) is 0.381. The predicted molar refractivity (Wildman–Crippen MR) is 95.7 cm³/mol. The van der Waals surface area contributed by atoms with Crippen LogP contribution in [0.4, 0.5) is 0 Å². The van der Waals surface area contributed by atoms with Gasteiger partial charge in [0.25, 0.3) is 0 Å². The molecule has 0 spiro atoms. The van der Waals surface area contributed by atoms with Crippen LogP contribution in [-0.2, 0) is 35.1 Å². The molecule has 142 valence electrons. The van der Waals surface area contributed by atoms with Crippen LogP contribution in [0.5, 0.6) is 0 Å². The molecule has 1 unspecified atom stereocenters. The topological polar surface area (TPSA) is 63.2 Å². The van der Waals surface area contributed by atoms with Crippen LogP contribution in [0.1, 0.15) is 18.8 Å². The highest BCUT2D eigenvalue weighted by Crippen LogP contribution is 2.34. The van der Waals surface area contributed by atoms with Crippen molar-refractivity contribution in [1.29, 1.82) is 0 Å². The van der Waals surface area contributed by atoms with Gasteiger partial charge in [0.15, 0.2) is 12.4 Å². The van der Waals surface area contributed by atoms with E-state index in [9.17, 15) is 4.79 Å². The van der Waals surface area contributed by atoms with E-state index < -0.39 is 36.7 Å². The Labute approximate surface area is 159 Å². The van der Waals surface area contributed by atoms with E-state index in [1.54, 1.807) is 0 Å². The van der Waals surface area contributed by atoms with E-state index in [1.807, 2.05) is 60.7 Å². The Morgan fingerprint density at radius 1 is 1.07 bits per heavy atom. The third kappa shape index (κ3) is 3.95. The molecule has 0 saturated carbocycles. The quantitative estimate of drug-likeness (QED) is 0.805. The molecule has 2 aromatic carbocycles. The molecule has 6 nitrogen and oxygen atoms in total. The summed E-state index contributed by atoms with van der Waals surface area (Å²) in [4.78, 5) is 12.9. The second kappa shape index (κ2) is 8.29. The molecule has 6 heteroatoms. The summed E-state index contributed by atoms with van der Waals surface area (Å²) in [5, 5.41) is 0. The molecule has 0 bridgehead atoms. The SMILES string of the molecule is [2H][C@@]1(OCc2ccccc2)C(=O)[C@@H](OC)O[C@@H]2COC(c3ccccc3)O[C@H]21. The normalized spacial score (nSPS) is 34.0. The van der Waals surface area contributed by atoms with E-state index >= 15 is 0 Å². The van der Waals surface area contributed by atoms with Crippen LogP contribution in [0.25, 0.3) is 0 Å². The van der Waals surface area contributed by atoms with Gasteiger partial charge >= 0.3 is 0 Å². The zero-order valence-electron chi connectivity index (χ0n) is 15.9. The summed E-state index contributed by atoms with van der Waals surface area (Å²) in [6.45, 7) is 0.253. The van der Waals surface area contributed by atoms with Crippen molar-refractivity contribution in [3.8, 4) is 0 Å². The van der Waals surface area contributed by atoms with Crippen molar-refractivity contribution < 1.29 is 29.8 Å². The van der Waals surface area contributed by atoms with Crippen LogP contribution in [0, 0.1) is 0 Å². The molecule has 2 aliphatic rings. The van der Waals surface area contributed by atoms with Gasteiger partial charge in [-0.05, 0) is 5.56 Å². The Bertz CT molecular complexity index is 801. The first-order chi connectivity index (χ1) is 13.6. The lowest BCUT2D eigenvalue weighted by atomic mass is 9.98. The summed E-state index contributed by atoms with van der Waals surface area (Å²) in [6.07, 6.45) is -5.49. The summed E-state index contributed by atoms with van der Waals surface area (Å²) in [6, 6.07) is 18.7. The maximum atomic E-state index is 12.9. The largest absolute Gasteiger partial charge is 0.363 e. The minimum atomic E-state index is -1.98. The highest BCUT2D eigenvalue weighted by atomic mass is 16.7. The minimum Gasteiger partial charge on any atom is -0.363 e. The molecule has 2 aliphatic heterocycles.